The smallest absolute Gasteiger partial charge is 0.243 e. The van der Waals surface area contributed by atoms with E-state index in [1.165, 1.54) is 29.6 Å². The van der Waals surface area contributed by atoms with Gasteiger partial charge in [0.15, 0.2) is 5.78 Å². The minimum absolute atomic E-state index is 0.0558. The number of para-hydroxylation sites is 1. The van der Waals surface area contributed by atoms with Crippen molar-refractivity contribution in [3.63, 3.8) is 0 Å². The van der Waals surface area contributed by atoms with Gasteiger partial charge in [-0.25, -0.2) is 8.42 Å². The molecule has 31 heavy (non-hydrogen) atoms. The number of benzene rings is 2. The Balaban J connectivity index is 1.78. The number of carbonyl (C=O) groups excluding carboxylic acids is 1. The number of carbonyl (C=O) groups is 1. The van der Waals surface area contributed by atoms with Crippen molar-refractivity contribution in [2.24, 2.45) is 0 Å². The summed E-state index contributed by atoms with van der Waals surface area (Å²) in [7, 11) is -3.82. The number of nitrogens with zero attached hydrogens (tertiary/aromatic N) is 1. The van der Waals surface area contributed by atoms with Gasteiger partial charge in [0.05, 0.1) is 29.9 Å². The number of ether oxygens (including phenoxy) is 2. The van der Waals surface area contributed by atoms with Crippen molar-refractivity contribution in [2.75, 3.05) is 19.8 Å². The van der Waals surface area contributed by atoms with Crippen LogP contribution in [0.1, 0.15) is 30.0 Å². The van der Waals surface area contributed by atoms with Crippen molar-refractivity contribution in [3.8, 4) is 11.5 Å². The largest absolute Gasteiger partial charge is 0.494 e. The Kier molecular flexibility index (Phi) is 7.49. The molecule has 7 nitrogen and oxygen atoms in total. The summed E-state index contributed by atoms with van der Waals surface area (Å²) in [5.41, 5.74) is 0.453. The fourth-order valence-corrected chi connectivity index (χ4v) is 4.42. The molecule has 0 saturated heterocycles. The van der Waals surface area contributed by atoms with Crippen LogP contribution in [0, 0.1) is 0 Å². The maximum atomic E-state index is 13.3. The first-order valence-electron chi connectivity index (χ1n) is 9.90. The number of Topliss-reactive ketones (excluding diaryl/α,β-unsaturated/α-hetero) is 1. The van der Waals surface area contributed by atoms with Gasteiger partial charge in [-0.05, 0) is 62.4 Å². The Morgan fingerprint density at radius 3 is 2.39 bits per heavy atom. The Morgan fingerprint density at radius 2 is 1.74 bits per heavy atom. The van der Waals surface area contributed by atoms with Crippen LogP contribution in [-0.2, 0) is 16.6 Å². The molecule has 0 aliphatic carbocycles. The lowest BCUT2D eigenvalue weighted by molar-refractivity contribution is 0.101. The molecule has 0 amide bonds. The highest BCUT2D eigenvalue weighted by molar-refractivity contribution is 7.89. The molecule has 0 atom stereocenters. The molecule has 0 aliphatic heterocycles. The number of furan rings is 1. The van der Waals surface area contributed by atoms with Gasteiger partial charge in [-0.1, -0.05) is 12.1 Å². The van der Waals surface area contributed by atoms with Crippen LogP contribution in [0.5, 0.6) is 11.5 Å². The van der Waals surface area contributed by atoms with Crippen LogP contribution in [0.4, 0.5) is 0 Å². The maximum absolute atomic E-state index is 13.3. The summed E-state index contributed by atoms with van der Waals surface area (Å²) >= 11 is 0. The van der Waals surface area contributed by atoms with Crippen LogP contribution in [0.2, 0.25) is 0 Å². The highest BCUT2D eigenvalue weighted by Crippen LogP contribution is 2.23. The minimum Gasteiger partial charge on any atom is -0.494 e. The molecule has 8 heteroatoms. The zero-order valence-corrected chi connectivity index (χ0v) is 18.3. The molecule has 2 aromatic carbocycles. The van der Waals surface area contributed by atoms with Gasteiger partial charge in [-0.3, -0.25) is 4.79 Å². The molecule has 0 saturated carbocycles. The van der Waals surface area contributed by atoms with Crippen molar-refractivity contribution in [1.82, 2.24) is 4.31 Å². The van der Waals surface area contributed by atoms with Crippen molar-refractivity contribution >= 4 is 15.8 Å². The van der Waals surface area contributed by atoms with Crippen LogP contribution in [0.25, 0.3) is 0 Å². The monoisotopic (exact) mass is 443 g/mol. The lowest BCUT2D eigenvalue weighted by Gasteiger charge is -2.22. The van der Waals surface area contributed by atoms with Gasteiger partial charge in [0.25, 0.3) is 0 Å². The SMILES string of the molecule is CCOc1ccc(S(=O)(=O)N(CCOc2ccccc2C(C)=O)Cc2ccco2)cc1. The van der Waals surface area contributed by atoms with Gasteiger partial charge >= 0.3 is 0 Å². The fourth-order valence-electron chi connectivity index (χ4n) is 3.02. The third-order valence-electron chi connectivity index (χ3n) is 4.55. The van der Waals surface area contributed by atoms with E-state index < -0.39 is 10.0 Å². The van der Waals surface area contributed by atoms with Gasteiger partial charge < -0.3 is 13.9 Å². The lowest BCUT2D eigenvalue weighted by Crippen LogP contribution is -2.34. The highest BCUT2D eigenvalue weighted by atomic mass is 32.2. The molecule has 0 spiro atoms. The number of ketones is 1. The summed E-state index contributed by atoms with van der Waals surface area (Å²) < 4.78 is 44.3. The molecule has 3 rings (SSSR count). The van der Waals surface area contributed by atoms with E-state index in [4.69, 9.17) is 13.9 Å². The normalized spacial score (nSPS) is 11.5. The molecule has 1 heterocycles. The average molecular weight is 444 g/mol. The van der Waals surface area contributed by atoms with Gasteiger partial charge in [0, 0.05) is 6.54 Å². The second-order valence-electron chi connectivity index (χ2n) is 6.72. The van der Waals surface area contributed by atoms with Crippen molar-refractivity contribution < 1.29 is 27.1 Å². The Bertz CT molecular complexity index is 1090. The third kappa shape index (κ3) is 5.74. The Labute approximate surface area is 182 Å². The molecule has 0 aliphatic rings. The average Bonchev–Trinajstić information content (AvgIpc) is 3.27. The van der Waals surface area contributed by atoms with E-state index in [-0.39, 0.29) is 30.4 Å². The third-order valence-corrected chi connectivity index (χ3v) is 6.41. The van der Waals surface area contributed by atoms with E-state index in [1.807, 2.05) is 6.92 Å². The second-order valence-corrected chi connectivity index (χ2v) is 8.66. The van der Waals surface area contributed by atoms with E-state index in [0.717, 1.165) is 0 Å². The molecule has 0 N–H and O–H groups in total. The van der Waals surface area contributed by atoms with Crippen LogP contribution in [0.15, 0.2) is 76.2 Å². The summed E-state index contributed by atoms with van der Waals surface area (Å²) in [6, 6.07) is 16.6. The Morgan fingerprint density at radius 1 is 1.00 bits per heavy atom. The number of rotatable bonds is 11. The van der Waals surface area contributed by atoms with E-state index in [1.54, 1.807) is 48.5 Å². The molecule has 0 unspecified atom stereocenters. The quantitative estimate of drug-likeness (QED) is 0.414. The predicted molar refractivity (Wildman–Crippen MR) is 116 cm³/mol. The van der Waals surface area contributed by atoms with Crippen molar-refractivity contribution in [2.45, 2.75) is 25.3 Å². The van der Waals surface area contributed by atoms with E-state index >= 15 is 0 Å². The van der Waals surface area contributed by atoms with Crippen molar-refractivity contribution in [3.05, 3.63) is 78.3 Å². The summed E-state index contributed by atoms with van der Waals surface area (Å²) in [5.74, 6) is 1.42. The van der Waals surface area contributed by atoms with E-state index in [2.05, 4.69) is 0 Å². The summed E-state index contributed by atoms with van der Waals surface area (Å²) in [6.07, 6.45) is 1.50. The molecule has 0 radical (unpaired) electrons. The fraction of sp³-hybridized carbons (Fsp3) is 0.261. The summed E-state index contributed by atoms with van der Waals surface area (Å²) in [5, 5.41) is 0. The van der Waals surface area contributed by atoms with Crippen LogP contribution < -0.4 is 9.47 Å². The zero-order valence-electron chi connectivity index (χ0n) is 17.5. The van der Waals surface area contributed by atoms with Gasteiger partial charge in [0.2, 0.25) is 10.0 Å². The van der Waals surface area contributed by atoms with Gasteiger partial charge in [-0.15, -0.1) is 0 Å². The Hall–Kier alpha value is -3.10. The number of sulfonamides is 1. The summed E-state index contributed by atoms with van der Waals surface area (Å²) in [6.45, 7) is 4.02. The molecule has 0 bridgehead atoms. The van der Waals surface area contributed by atoms with Gasteiger partial charge in [0.1, 0.15) is 23.9 Å². The lowest BCUT2D eigenvalue weighted by atomic mass is 10.1. The molecule has 0 fully saturated rings. The van der Waals surface area contributed by atoms with E-state index in [9.17, 15) is 13.2 Å². The van der Waals surface area contributed by atoms with Crippen molar-refractivity contribution in [1.29, 1.82) is 0 Å². The standard InChI is InChI=1S/C23H25NO6S/c1-3-28-19-10-12-21(13-11-19)31(26,27)24(17-20-7-6-15-29-20)14-16-30-23-9-5-4-8-22(23)18(2)25/h4-13,15H,3,14,16-17H2,1-2H3. The molecular formula is C23H25NO6S. The minimum atomic E-state index is -3.82. The molecule has 3 aromatic rings. The first-order valence-corrected chi connectivity index (χ1v) is 11.3. The molecule has 1 aromatic heterocycles. The number of hydrogen-bond acceptors (Lipinski definition) is 6. The first kappa shape index (κ1) is 22.6. The highest BCUT2D eigenvalue weighted by Gasteiger charge is 2.26. The zero-order chi connectivity index (χ0) is 22.3. The predicted octanol–water partition coefficient (Wildman–Crippen LogP) is 4.15. The molecular weight excluding hydrogens is 418 g/mol. The van der Waals surface area contributed by atoms with Crippen LogP contribution >= 0.6 is 0 Å². The topological polar surface area (TPSA) is 86.0 Å². The first-order chi connectivity index (χ1) is 14.9. The maximum Gasteiger partial charge on any atom is 0.243 e. The van der Waals surface area contributed by atoms with Gasteiger partial charge in [-0.2, -0.15) is 4.31 Å². The van der Waals surface area contributed by atoms with E-state index in [0.29, 0.717) is 29.4 Å². The molecule has 164 valence electrons. The number of hydrogen-bond donors (Lipinski definition) is 0. The summed E-state index contributed by atoms with van der Waals surface area (Å²) in [4.78, 5) is 11.9. The van der Waals surface area contributed by atoms with Crippen LogP contribution in [0.3, 0.4) is 0 Å². The second kappa shape index (κ2) is 10.3. The van der Waals surface area contributed by atoms with Crippen LogP contribution in [-0.4, -0.2) is 38.3 Å².